The zero-order chi connectivity index (χ0) is 21.9. The Morgan fingerprint density at radius 3 is 2.44 bits per heavy atom. The molecule has 3 heterocycles. The molecule has 0 bridgehead atoms. The van der Waals surface area contributed by atoms with E-state index in [1.807, 2.05) is 30.3 Å². The molecule has 2 aliphatic heterocycles. The first-order valence-corrected chi connectivity index (χ1v) is 11.2. The highest BCUT2D eigenvalue weighted by molar-refractivity contribution is 5.89. The topological polar surface area (TPSA) is 61.4 Å². The molecule has 1 saturated heterocycles. The van der Waals surface area contributed by atoms with Crippen molar-refractivity contribution >= 4 is 17.5 Å². The number of nitrogens with one attached hydrogen (secondary N) is 1. The van der Waals surface area contributed by atoms with Gasteiger partial charge in [0.2, 0.25) is 0 Å². The third-order valence-corrected chi connectivity index (χ3v) is 6.13. The molecule has 0 radical (unpaired) electrons. The Kier molecular flexibility index (Phi) is 5.71. The summed E-state index contributed by atoms with van der Waals surface area (Å²) in [4.78, 5) is 26.8. The minimum atomic E-state index is -0.442. The molecule has 5 rings (SSSR count). The van der Waals surface area contributed by atoms with Crippen molar-refractivity contribution in [2.75, 3.05) is 29.9 Å². The molecule has 6 nitrogen and oxygen atoms in total. The van der Waals surface area contributed by atoms with Crippen molar-refractivity contribution in [1.29, 1.82) is 0 Å². The summed E-state index contributed by atoms with van der Waals surface area (Å²) < 4.78 is 14.0. The first-order chi connectivity index (χ1) is 15.7. The molecule has 0 aliphatic carbocycles. The summed E-state index contributed by atoms with van der Waals surface area (Å²) in [6, 6.07) is 15.9. The zero-order valence-corrected chi connectivity index (χ0v) is 17.9. The normalized spacial score (nSPS) is 15.9. The number of para-hydroxylation sites is 1. The van der Waals surface area contributed by atoms with Gasteiger partial charge in [-0.05, 0) is 31.4 Å². The van der Waals surface area contributed by atoms with E-state index in [-0.39, 0.29) is 11.7 Å². The van der Waals surface area contributed by atoms with Crippen molar-refractivity contribution in [3.8, 4) is 11.4 Å². The third-order valence-electron chi connectivity index (χ3n) is 6.13. The Morgan fingerprint density at radius 2 is 1.66 bits per heavy atom. The minimum absolute atomic E-state index is 0.190. The highest BCUT2D eigenvalue weighted by Crippen LogP contribution is 2.31. The average Bonchev–Trinajstić information content (AvgIpc) is 2.85. The van der Waals surface area contributed by atoms with Crippen molar-refractivity contribution < 1.29 is 9.18 Å². The molecule has 0 spiro atoms. The van der Waals surface area contributed by atoms with Crippen LogP contribution in [0.1, 0.15) is 30.5 Å². The lowest BCUT2D eigenvalue weighted by atomic mass is 10.0. The second-order valence-corrected chi connectivity index (χ2v) is 8.29. The molecule has 7 heteroatoms. The number of amides is 2. The van der Waals surface area contributed by atoms with Crippen LogP contribution < -0.4 is 10.2 Å². The number of hydrogen-bond donors (Lipinski definition) is 1. The van der Waals surface area contributed by atoms with Gasteiger partial charge in [-0.2, -0.15) is 0 Å². The van der Waals surface area contributed by atoms with E-state index in [0.29, 0.717) is 19.5 Å². The number of benzene rings is 2. The fraction of sp³-hybridized carbons (Fsp3) is 0.320. The third kappa shape index (κ3) is 4.15. The molecule has 1 N–H and O–H groups in total. The summed E-state index contributed by atoms with van der Waals surface area (Å²) in [5.41, 5.74) is 3.18. The lowest BCUT2D eigenvalue weighted by Gasteiger charge is -2.34. The van der Waals surface area contributed by atoms with E-state index in [2.05, 4.69) is 10.2 Å². The summed E-state index contributed by atoms with van der Waals surface area (Å²) in [6.07, 6.45) is 4.14. The molecular formula is C25H26FN5O. The van der Waals surface area contributed by atoms with Crippen LogP contribution >= 0.6 is 0 Å². The number of urea groups is 1. The van der Waals surface area contributed by atoms with Crippen LogP contribution in [0.2, 0.25) is 0 Å². The van der Waals surface area contributed by atoms with E-state index in [0.717, 1.165) is 54.4 Å². The fourth-order valence-corrected chi connectivity index (χ4v) is 4.41. The summed E-state index contributed by atoms with van der Waals surface area (Å²) in [5, 5.41) is 2.70. The van der Waals surface area contributed by atoms with Gasteiger partial charge >= 0.3 is 6.03 Å². The van der Waals surface area contributed by atoms with Gasteiger partial charge in [0.15, 0.2) is 5.82 Å². The van der Waals surface area contributed by atoms with Gasteiger partial charge in [-0.15, -0.1) is 0 Å². The first-order valence-electron chi connectivity index (χ1n) is 11.2. The minimum Gasteiger partial charge on any atom is -0.356 e. The van der Waals surface area contributed by atoms with Gasteiger partial charge in [0.25, 0.3) is 0 Å². The predicted molar refractivity (Wildman–Crippen MR) is 123 cm³/mol. The number of piperidine rings is 1. The van der Waals surface area contributed by atoms with Crippen LogP contribution in [0, 0.1) is 5.82 Å². The molecule has 2 amide bonds. The molecule has 164 valence electrons. The van der Waals surface area contributed by atoms with Crippen LogP contribution in [0.15, 0.2) is 54.6 Å². The highest BCUT2D eigenvalue weighted by atomic mass is 19.1. The molecule has 3 aromatic rings. The van der Waals surface area contributed by atoms with Gasteiger partial charge in [0.1, 0.15) is 11.6 Å². The van der Waals surface area contributed by atoms with Crippen LogP contribution in [0.3, 0.4) is 0 Å². The van der Waals surface area contributed by atoms with E-state index < -0.39 is 5.82 Å². The second-order valence-electron chi connectivity index (χ2n) is 8.29. The first kappa shape index (κ1) is 20.4. The molecule has 2 aliphatic rings. The number of anilines is 2. The Balaban J connectivity index is 1.46. The van der Waals surface area contributed by atoms with Crippen molar-refractivity contribution in [1.82, 2.24) is 14.9 Å². The van der Waals surface area contributed by atoms with Gasteiger partial charge in [-0.1, -0.05) is 42.5 Å². The highest BCUT2D eigenvalue weighted by Gasteiger charge is 2.28. The molecule has 0 saturated carbocycles. The maximum atomic E-state index is 14.0. The van der Waals surface area contributed by atoms with E-state index in [4.69, 9.17) is 9.97 Å². The largest absolute Gasteiger partial charge is 0.356 e. The number of carbonyl (C=O) groups is 1. The van der Waals surface area contributed by atoms with Crippen molar-refractivity contribution in [3.05, 3.63) is 71.7 Å². The predicted octanol–water partition coefficient (Wildman–Crippen LogP) is 4.86. The lowest BCUT2D eigenvalue weighted by Crippen LogP contribution is -2.41. The monoisotopic (exact) mass is 431 g/mol. The number of fused-ring (bicyclic) bond motifs is 1. The van der Waals surface area contributed by atoms with Gasteiger partial charge in [-0.25, -0.2) is 19.2 Å². The average molecular weight is 432 g/mol. The van der Waals surface area contributed by atoms with Crippen molar-refractivity contribution in [2.24, 2.45) is 0 Å². The Hall–Kier alpha value is -3.48. The molecule has 0 unspecified atom stereocenters. The summed E-state index contributed by atoms with van der Waals surface area (Å²) in [5.74, 6) is 1.22. The zero-order valence-electron chi connectivity index (χ0n) is 17.9. The van der Waals surface area contributed by atoms with E-state index in [1.54, 1.807) is 23.1 Å². The SMILES string of the molecule is O=C(Nc1ccccc1F)N1CCc2nc(-c3ccccc3)nc(N3CCCCC3)c2C1. The van der Waals surface area contributed by atoms with Crippen molar-refractivity contribution in [2.45, 2.75) is 32.2 Å². The van der Waals surface area contributed by atoms with Crippen LogP contribution in [0.4, 0.5) is 20.7 Å². The van der Waals surface area contributed by atoms with Crippen LogP contribution in [0.5, 0.6) is 0 Å². The quantitative estimate of drug-likeness (QED) is 0.643. The van der Waals surface area contributed by atoms with E-state index in [9.17, 15) is 9.18 Å². The fourth-order valence-electron chi connectivity index (χ4n) is 4.41. The van der Waals surface area contributed by atoms with Gasteiger partial charge in [0.05, 0.1) is 17.9 Å². The smallest absolute Gasteiger partial charge is 0.322 e. The molecule has 1 aromatic heterocycles. The lowest BCUT2D eigenvalue weighted by molar-refractivity contribution is 0.205. The summed E-state index contributed by atoms with van der Waals surface area (Å²) in [6.45, 7) is 2.85. The number of hydrogen-bond acceptors (Lipinski definition) is 4. The van der Waals surface area contributed by atoms with Crippen LogP contribution in [-0.4, -0.2) is 40.5 Å². The number of halogens is 1. The Labute approximate surface area is 187 Å². The maximum Gasteiger partial charge on any atom is 0.322 e. The van der Waals surface area contributed by atoms with Gasteiger partial charge < -0.3 is 15.1 Å². The van der Waals surface area contributed by atoms with E-state index in [1.165, 1.54) is 12.5 Å². The van der Waals surface area contributed by atoms with Crippen molar-refractivity contribution in [3.63, 3.8) is 0 Å². The molecule has 2 aromatic carbocycles. The maximum absolute atomic E-state index is 14.0. The Morgan fingerprint density at radius 1 is 0.906 bits per heavy atom. The van der Waals surface area contributed by atoms with Crippen LogP contribution in [-0.2, 0) is 13.0 Å². The standard InChI is InChI=1S/C25H26FN5O/c26-20-11-5-6-12-22(20)28-25(32)31-16-13-21-19(17-31)24(30-14-7-2-8-15-30)29-23(27-21)18-9-3-1-4-10-18/h1,3-6,9-12H,2,7-8,13-17H2,(H,28,32). The number of aromatic nitrogens is 2. The molecular weight excluding hydrogens is 405 g/mol. The number of nitrogens with zero attached hydrogens (tertiary/aromatic N) is 4. The van der Waals surface area contributed by atoms with Gasteiger partial charge in [-0.3, -0.25) is 0 Å². The van der Waals surface area contributed by atoms with Gasteiger partial charge in [0, 0.05) is 37.2 Å². The summed E-state index contributed by atoms with van der Waals surface area (Å²) >= 11 is 0. The Bertz CT molecular complexity index is 1110. The second kappa shape index (κ2) is 8.94. The molecule has 32 heavy (non-hydrogen) atoms. The molecule has 1 fully saturated rings. The summed E-state index contributed by atoms with van der Waals surface area (Å²) in [7, 11) is 0. The van der Waals surface area contributed by atoms with Crippen LogP contribution in [0.25, 0.3) is 11.4 Å². The number of rotatable bonds is 3. The number of carbonyl (C=O) groups excluding carboxylic acids is 1. The molecule has 0 atom stereocenters. The van der Waals surface area contributed by atoms with E-state index >= 15 is 0 Å².